The highest BCUT2D eigenvalue weighted by Gasteiger charge is 2.10. The second-order valence-corrected chi connectivity index (χ2v) is 6.52. The Bertz CT molecular complexity index is 1300. The average molecular weight is 368 g/mol. The number of hydrogen-bond acceptors (Lipinski definition) is 4. The number of para-hydroxylation sites is 1. The summed E-state index contributed by atoms with van der Waals surface area (Å²) in [6, 6.07) is 19.3. The molecule has 28 heavy (non-hydrogen) atoms. The summed E-state index contributed by atoms with van der Waals surface area (Å²) in [5.41, 5.74) is 5.10. The van der Waals surface area contributed by atoms with E-state index in [1.807, 2.05) is 66.9 Å². The molecule has 3 heterocycles. The van der Waals surface area contributed by atoms with E-state index in [0.29, 0.717) is 12.1 Å². The standard InChI is InChI=1S/C21H16N6O/c28-21(11-15-12-22-19-7-2-1-6-17(15)19)24-16-5-3-4-14(10-16)18-8-9-20-25-23-13-27(20)26-18/h1-10,12-13,22H,11H2,(H,24,28). The molecule has 7 nitrogen and oxygen atoms in total. The van der Waals surface area contributed by atoms with Crippen molar-refractivity contribution in [2.75, 3.05) is 5.32 Å². The fraction of sp³-hybridized carbons (Fsp3) is 0.0476. The Hall–Kier alpha value is -4.00. The van der Waals surface area contributed by atoms with Crippen LogP contribution in [-0.4, -0.2) is 30.7 Å². The normalized spacial score (nSPS) is 11.1. The van der Waals surface area contributed by atoms with E-state index in [1.54, 1.807) is 10.8 Å². The van der Waals surface area contributed by atoms with E-state index < -0.39 is 0 Å². The number of hydrogen-bond donors (Lipinski definition) is 2. The third-order valence-electron chi connectivity index (χ3n) is 4.63. The van der Waals surface area contributed by atoms with Crippen LogP contribution in [-0.2, 0) is 11.2 Å². The Morgan fingerprint density at radius 2 is 2.00 bits per heavy atom. The average Bonchev–Trinajstić information content (AvgIpc) is 3.35. The van der Waals surface area contributed by atoms with Gasteiger partial charge in [0.25, 0.3) is 0 Å². The van der Waals surface area contributed by atoms with Gasteiger partial charge in [0.15, 0.2) is 5.65 Å². The van der Waals surface area contributed by atoms with Crippen LogP contribution in [0.3, 0.4) is 0 Å². The molecule has 0 aliphatic rings. The molecular weight excluding hydrogens is 352 g/mol. The molecule has 0 aliphatic carbocycles. The van der Waals surface area contributed by atoms with Gasteiger partial charge in [0.05, 0.1) is 12.1 Å². The highest BCUT2D eigenvalue weighted by atomic mass is 16.1. The van der Waals surface area contributed by atoms with Gasteiger partial charge in [0.1, 0.15) is 6.33 Å². The molecule has 0 fully saturated rings. The van der Waals surface area contributed by atoms with E-state index in [4.69, 9.17) is 0 Å². The highest BCUT2D eigenvalue weighted by molar-refractivity contribution is 5.96. The lowest BCUT2D eigenvalue weighted by Gasteiger charge is -2.07. The number of H-pyrrole nitrogens is 1. The van der Waals surface area contributed by atoms with Gasteiger partial charge in [-0.3, -0.25) is 4.79 Å². The lowest BCUT2D eigenvalue weighted by atomic mass is 10.1. The predicted octanol–water partition coefficient (Wildman–Crippen LogP) is 3.45. The number of aromatic nitrogens is 5. The van der Waals surface area contributed by atoms with E-state index in [0.717, 1.165) is 33.4 Å². The molecule has 0 atom stereocenters. The van der Waals surface area contributed by atoms with E-state index in [2.05, 4.69) is 25.6 Å². The smallest absolute Gasteiger partial charge is 0.228 e. The summed E-state index contributed by atoms with van der Waals surface area (Å²) < 4.78 is 1.62. The highest BCUT2D eigenvalue weighted by Crippen LogP contribution is 2.22. The molecule has 0 unspecified atom stereocenters. The second-order valence-electron chi connectivity index (χ2n) is 6.52. The van der Waals surface area contributed by atoms with Crippen LogP contribution in [0.25, 0.3) is 27.8 Å². The number of fused-ring (bicyclic) bond motifs is 2. The molecule has 3 aromatic heterocycles. The quantitative estimate of drug-likeness (QED) is 0.508. The first-order valence-corrected chi connectivity index (χ1v) is 8.89. The van der Waals surface area contributed by atoms with Crippen molar-refractivity contribution in [2.24, 2.45) is 0 Å². The molecule has 5 rings (SSSR count). The molecule has 0 bridgehead atoms. The SMILES string of the molecule is O=C(Cc1c[nH]c2ccccc12)Nc1cccc(-c2ccc3nncn3n2)c1. The third kappa shape index (κ3) is 2.99. The minimum Gasteiger partial charge on any atom is -0.361 e. The molecule has 2 aromatic carbocycles. The molecular formula is C21H16N6O. The maximum Gasteiger partial charge on any atom is 0.228 e. The summed E-state index contributed by atoms with van der Waals surface area (Å²) in [5.74, 6) is -0.0656. The van der Waals surface area contributed by atoms with Gasteiger partial charge in [-0.1, -0.05) is 30.3 Å². The van der Waals surface area contributed by atoms with Crippen molar-refractivity contribution >= 4 is 28.1 Å². The van der Waals surface area contributed by atoms with Crippen LogP contribution in [0, 0.1) is 0 Å². The molecule has 136 valence electrons. The minimum atomic E-state index is -0.0656. The first-order chi connectivity index (χ1) is 13.8. The number of aromatic amines is 1. The van der Waals surface area contributed by atoms with E-state index >= 15 is 0 Å². The minimum absolute atomic E-state index is 0.0656. The van der Waals surface area contributed by atoms with E-state index in [-0.39, 0.29) is 5.91 Å². The molecule has 0 aliphatic heterocycles. The van der Waals surface area contributed by atoms with Crippen LogP contribution in [0.15, 0.2) is 73.2 Å². The summed E-state index contributed by atoms with van der Waals surface area (Å²) in [4.78, 5) is 15.7. The van der Waals surface area contributed by atoms with Crippen LogP contribution in [0.4, 0.5) is 5.69 Å². The zero-order valence-electron chi connectivity index (χ0n) is 14.8. The van der Waals surface area contributed by atoms with Gasteiger partial charge in [0, 0.05) is 28.4 Å². The first-order valence-electron chi connectivity index (χ1n) is 8.89. The number of nitrogens with zero attached hydrogens (tertiary/aromatic N) is 4. The molecule has 1 amide bonds. The van der Waals surface area contributed by atoms with Crippen LogP contribution < -0.4 is 5.32 Å². The zero-order valence-corrected chi connectivity index (χ0v) is 14.8. The number of nitrogens with one attached hydrogen (secondary N) is 2. The largest absolute Gasteiger partial charge is 0.361 e. The molecule has 5 aromatic rings. The lowest BCUT2D eigenvalue weighted by molar-refractivity contribution is -0.115. The van der Waals surface area contributed by atoms with Crippen molar-refractivity contribution in [3.8, 4) is 11.3 Å². The zero-order chi connectivity index (χ0) is 18.9. The van der Waals surface area contributed by atoms with Gasteiger partial charge in [0.2, 0.25) is 5.91 Å². The Labute approximate surface area is 160 Å². The van der Waals surface area contributed by atoms with Gasteiger partial charge >= 0.3 is 0 Å². The maximum absolute atomic E-state index is 12.6. The van der Waals surface area contributed by atoms with Crippen molar-refractivity contribution in [2.45, 2.75) is 6.42 Å². The van der Waals surface area contributed by atoms with Crippen molar-refractivity contribution in [1.82, 2.24) is 24.8 Å². The second kappa shape index (κ2) is 6.62. The van der Waals surface area contributed by atoms with Crippen molar-refractivity contribution < 1.29 is 4.79 Å². The van der Waals surface area contributed by atoms with Crippen molar-refractivity contribution in [3.05, 3.63) is 78.8 Å². The molecule has 2 N–H and O–H groups in total. The summed E-state index contributed by atoms with van der Waals surface area (Å²) >= 11 is 0. The Morgan fingerprint density at radius 1 is 1.07 bits per heavy atom. The van der Waals surface area contributed by atoms with Gasteiger partial charge < -0.3 is 10.3 Å². The lowest BCUT2D eigenvalue weighted by Crippen LogP contribution is -2.14. The predicted molar refractivity (Wildman–Crippen MR) is 107 cm³/mol. The summed E-state index contributed by atoms with van der Waals surface area (Å²) in [7, 11) is 0. The third-order valence-corrected chi connectivity index (χ3v) is 4.63. The summed E-state index contributed by atoms with van der Waals surface area (Å²) in [6.07, 6.45) is 3.75. The fourth-order valence-electron chi connectivity index (χ4n) is 3.29. The number of carbonyl (C=O) groups is 1. The molecule has 0 spiro atoms. The van der Waals surface area contributed by atoms with Crippen LogP contribution in [0.5, 0.6) is 0 Å². The summed E-state index contributed by atoms with van der Waals surface area (Å²) in [6.45, 7) is 0. The van der Waals surface area contributed by atoms with E-state index in [9.17, 15) is 4.79 Å². The first kappa shape index (κ1) is 16.2. The Kier molecular flexibility index (Phi) is 3.83. The molecule has 0 radical (unpaired) electrons. The number of rotatable bonds is 4. The van der Waals surface area contributed by atoms with Crippen LogP contribution >= 0.6 is 0 Å². The Morgan fingerprint density at radius 3 is 2.96 bits per heavy atom. The van der Waals surface area contributed by atoms with Crippen LogP contribution in [0.2, 0.25) is 0 Å². The van der Waals surface area contributed by atoms with Gasteiger partial charge in [-0.05, 0) is 35.9 Å². The topological polar surface area (TPSA) is 88.0 Å². The Balaban J connectivity index is 1.36. The number of amides is 1. The molecule has 7 heteroatoms. The fourth-order valence-corrected chi connectivity index (χ4v) is 3.29. The van der Waals surface area contributed by atoms with Crippen LogP contribution in [0.1, 0.15) is 5.56 Å². The monoisotopic (exact) mass is 368 g/mol. The molecule has 0 saturated carbocycles. The number of carbonyl (C=O) groups excluding carboxylic acids is 1. The van der Waals surface area contributed by atoms with E-state index in [1.165, 1.54) is 0 Å². The van der Waals surface area contributed by atoms with Crippen molar-refractivity contribution in [3.63, 3.8) is 0 Å². The summed E-state index contributed by atoms with van der Waals surface area (Å²) in [5, 5.41) is 16.3. The van der Waals surface area contributed by atoms with Gasteiger partial charge in [-0.2, -0.15) is 9.61 Å². The van der Waals surface area contributed by atoms with Gasteiger partial charge in [-0.25, -0.2) is 0 Å². The van der Waals surface area contributed by atoms with Crippen molar-refractivity contribution in [1.29, 1.82) is 0 Å². The maximum atomic E-state index is 12.6. The van der Waals surface area contributed by atoms with Gasteiger partial charge in [-0.15, -0.1) is 10.2 Å². The number of benzene rings is 2. The number of anilines is 1. The molecule has 0 saturated heterocycles.